The van der Waals surface area contributed by atoms with Crippen LogP contribution in [0, 0.1) is 0 Å². The van der Waals surface area contributed by atoms with Gasteiger partial charge in [-0.25, -0.2) is 5.43 Å². The van der Waals surface area contributed by atoms with Crippen molar-refractivity contribution < 1.29 is 19.0 Å². The topological polar surface area (TPSA) is 69.2 Å². The third-order valence-corrected chi connectivity index (χ3v) is 5.07. The van der Waals surface area contributed by atoms with Gasteiger partial charge < -0.3 is 14.2 Å². The summed E-state index contributed by atoms with van der Waals surface area (Å²) in [6.45, 7) is 4.51. The third kappa shape index (κ3) is 7.54. The zero-order valence-electron chi connectivity index (χ0n) is 18.9. The molecule has 3 rings (SSSR count). The first-order valence-corrected chi connectivity index (χ1v) is 10.9. The molecule has 0 aromatic heterocycles. The fourth-order valence-corrected chi connectivity index (χ4v) is 3.06. The Labute approximate surface area is 199 Å². The van der Waals surface area contributed by atoms with Crippen LogP contribution in [0.4, 0.5) is 0 Å². The first kappa shape index (κ1) is 24.1. The van der Waals surface area contributed by atoms with Crippen LogP contribution >= 0.6 is 11.6 Å². The number of carbonyl (C=O) groups is 1. The Bertz CT molecular complexity index is 1080. The Morgan fingerprint density at radius 2 is 1.73 bits per heavy atom. The predicted molar refractivity (Wildman–Crippen MR) is 131 cm³/mol. The van der Waals surface area contributed by atoms with Gasteiger partial charge >= 0.3 is 0 Å². The van der Waals surface area contributed by atoms with Gasteiger partial charge in [0.05, 0.1) is 13.3 Å². The number of benzene rings is 3. The summed E-state index contributed by atoms with van der Waals surface area (Å²) in [5, 5.41) is 4.66. The van der Waals surface area contributed by atoms with E-state index in [4.69, 9.17) is 25.8 Å². The van der Waals surface area contributed by atoms with Crippen molar-refractivity contribution in [3.05, 3.63) is 88.4 Å². The van der Waals surface area contributed by atoms with Crippen LogP contribution in [-0.2, 0) is 11.4 Å². The molecule has 7 heteroatoms. The van der Waals surface area contributed by atoms with Crippen molar-refractivity contribution in [2.24, 2.45) is 5.10 Å². The highest BCUT2D eigenvalue weighted by Crippen LogP contribution is 2.28. The number of ether oxygens (including phenoxy) is 3. The van der Waals surface area contributed by atoms with E-state index in [-0.39, 0.29) is 12.5 Å². The van der Waals surface area contributed by atoms with Crippen LogP contribution in [-0.4, -0.2) is 25.8 Å². The minimum atomic E-state index is -0.353. The minimum Gasteiger partial charge on any atom is -0.493 e. The van der Waals surface area contributed by atoms with Gasteiger partial charge in [-0.2, -0.15) is 5.10 Å². The monoisotopic (exact) mass is 466 g/mol. The molecular formula is C26H27ClN2O4. The lowest BCUT2D eigenvalue weighted by atomic mass is 10.0. The van der Waals surface area contributed by atoms with E-state index >= 15 is 0 Å². The molecule has 0 aliphatic rings. The molecule has 0 bridgehead atoms. The Hall–Kier alpha value is -3.51. The predicted octanol–water partition coefficient (Wildman–Crippen LogP) is 5.58. The zero-order chi connectivity index (χ0) is 23.6. The molecule has 0 spiro atoms. The number of hydrogen-bond acceptors (Lipinski definition) is 5. The minimum absolute atomic E-state index is 0.126. The summed E-state index contributed by atoms with van der Waals surface area (Å²) in [5.74, 6) is 1.89. The number of hydrogen-bond donors (Lipinski definition) is 1. The number of methoxy groups -OCH3 is 1. The summed E-state index contributed by atoms with van der Waals surface area (Å²) in [5.41, 5.74) is 5.41. The normalized spacial score (nSPS) is 10.9. The Morgan fingerprint density at radius 3 is 2.39 bits per heavy atom. The van der Waals surface area contributed by atoms with E-state index in [1.807, 2.05) is 54.6 Å². The highest BCUT2D eigenvalue weighted by molar-refractivity contribution is 6.30. The van der Waals surface area contributed by atoms with Crippen LogP contribution in [0.1, 0.15) is 36.5 Å². The molecule has 0 atom stereocenters. The van der Waals surface area contributed by atoms with E-state index in [1.54, 1.807) is 19.2 Å². The molecule has 6 nitrogen and oxygen atoms in total. The van der Waals surface area contributed by atoms with Crippen molar-refractivity contribution in [3.8, 4) is 17.2 Å². The number of hydrazone groups is 1. The maximum atomic E-state index is 12.0. The van der Waals surface area contributed by atoms with E-state index in [0.717, 1.165) is 11.1 Å². The summed E-state index contributed by atoms with van der Waals surface area (Å²) < 4.78 is 16.8. The van der Waals surface area contributed by atoms with Gasteiger partial charge in [0.25, 0.3) is 5.91 Å². The van der Waals surface area contributed by atoms with Gasteiger partial charge in [0.15, 0.2) is 18.1 Å². The Kier molecular flexibility index (Phi) is 8.72. The summed E-state index contributed by atoms with van der Waals surface area (Å²) in [7, 11) is 1.57. The van der Waals surface area contributed by atoms with Gasteiger partial charge in [-0.05, 0) is 65.1 Å². The Morgan fingerprint density at radius 1 is 1.00 bits per heavy atom. The average Bonchev–Trinajstić information content (AvgIpc) is 2.83. The van der Waals surface area contributed by atoms with Crippen LogP contribution < -0.4 is 19.6 Å². The number of nitrogens with zero attached hydrogens (tertiary/aromatic N) is 1. The maximum absolute atomic E-state index is 12.0. The highest BCUT2D eigenvalue weighted by atomic mass is 35.5. The SMILES string of the molecule is COc1cc(/C=N\NC(=O)COc2ccc(C(C)C)cc2)ccc1OCc1ccc(Cl)cc1. The van der Waals surface area contributed by atoms with Crippen molar-refractivity contribution in [1.29, 1.82) is 0 Å². The molecule has 0 unspecified atom stereocenters. The molecule has 0 radical (unpaired) electrons. The number of rotatable bonds is 10. The van der Waals surface area contributed by atoms with E-state index < -0.39 is 0 Å². The maximum Gasteiger partial charge on any atom is 0.277 e. The van der Waals surface area contributed by atoms with Crippen molar-refractivity contribution in [3.63, 3.8) is 0 Å². The summed E-state index contributed by atoms with van der Waals surface area (Å²) in [6, 6.07) is 20.5. The molecule has 1 N–H and O–H groups in total. The number of amides is 1. The lowest BCUT2D eigenvalue weighted by Crippen LogP contribution is -2.24. The largest absolute Gasteiger partial charge is 0.493 e. The lowest BCUT2D eigenvalue weighted by Gasteiger charge is -2.11. The summed E-state index contributed by atoms with van der Waals surface area (Å²) in [6.07, 6.45) is 1.53. The molecule has 0 aliphatic heterocycles. The van der Waals surface area contributed by atoms with Crippen LogP contribution in [0.5, 0.6) is 17.2 Å². The summed E-state index contributed by atoms with van der Waals surface area (Å²) in [4.78, 5) is 12.0. The second kappa shape index (κ2) is 11.9. The quantitative estimate of drug-likeness (QED) is 0.313. The molecule has 0 saturated carbocycles. The van der Waals surface area contributed by atoms with Crippen LogP contribution in [0.15, 0.2) is 71.8 Å². The molecule has 0 saturated heterocycles. The van der Waals surface area contributed by atoms with E-state index in [0.29, 0.717) is 34.8 Å². The van der Waals surface area contributed by atoms with Gasteiger partial charge in [0, 0.05) is 5.02 Å². The smallest absolute Gasteiger partial charge is 0.277 e. The second-order valence-electron chi connectivity index (χ2n) is 7.63. The lowest BCUT2D eigenvalue weighted by molar-refractivity contribution is -0.123. The number of carbonyl (C=O) groups excluding carboxylic acids is 1. The van der Waals surface area contributed by atoms with E-state index in [9.17, 15) is 4.79 Å². The second-order valence-corrected chi connectivity index (χ2v) is 8.07. The van der Waals surface area contributed by atoms with Crippen molar-refractivity contribution in [2.75, 3.05) is 13.7 Å². The molecule has 172 valence electrons. The molecule has 1 amide bonds. The molecule has 3 aromatic carbocycles. The van der Waals surface area contributed by atoms with E-state index in [2.05, 4.69) is 24.4 Å². The number of nitrogens with one attached hydrogen (secondary N) is 1. The van der Waals surface area contributed by atoms with E-state index in [1.165, 1.54) is 11.8 Å². The van der Waals surface area contributed by atoms with Gasteiger partial charge in [-0.15, -0.1) is 0 Å². The molecule has 0 aliphatic carbocycles. The average molecular weight is 467 g/mol. The molecule has 0 heterocycles. The first-order valence-electron chi connectivity index (χ1n) is 10.5. The summed E-state index contributed by atoms with van der Waals surface area (Å²) >= 11 is 5.91. The zero-order valence-corrected chi connectivity index (χ0v) is 19.6. The van der Waals surface area contributed by atoms with Crippen molar-refractivity contribution >= 4 is 23.7 Å². The van der Waals surface area contributed by atoms with Crippen molar-refractivity contribution in [1.82, 2.24) is 5.43 Å². The molecular weight excluding hydrogens is 440 g/mol. The van der Waals surface area contributed by atoms with Gasteiger partial charge in [-0.1, -0.05) is 49.7 Å². The third-order valence-electron chi connectivity index (χ3n) is 4.81. The van der Waals surface area contributed by atoms with Crippen molar-refractivity contribution in [2.45, 2.75) is 26.4 Å². The van der Waals surface area contributed by atoms with Crippen LogP contribution in [0.3, 0.4) is 0 Å². The Balaban J connectivity index is 1.49. The molecule has 33 heavy (non-hydrogen) atoms. The van der Waals surface area contributed by atoms with Gasteiger partial charge in [0.1, 0.15) is 12.4 Å². The number of halogens is 1. The standard InChI is InChI=1S/C26H27ClN2O4/c1-18(2)21-7-11-23(12-8-21)32-17-26(30)29-28-15-20-6-13-24(25(14-20)31-3)33-16-19-4-9-22(27)10-5-19/h4-15,18H,16-17H2,1-3H3,(H,29,30)/b28-15-. The van der Waals surface area contributed by atoms with Crippen LogP contribution in [0.25, 0.3) is 0 Å². The molecule has 3 aromatic rings. The first-order chi connectivity index (χ1) is 15.9. The van der Waals surface area contributed by atoms with Crippen LogP contribution in [0.2, 0.25) is 5.02 Å². The fraction of sp³-hybridized carbons (Fsp3) is 0.231. The highest BCUT2D eigenvalue weighted by Gasteiger charge is 2.07. The molecule has 0 fully saturated rings. The van der Waals surface area contributed by atoms with Gasteiger partial charge in [0.2, 0.25) is 0 Å². The fourth-order valence-electron chi connectivity index (χ4n) is 2.93. The van der Waals surface area contributed by atoms with Gasteiger partial charge in [-0.3, -0.25) is 4.79 Å².